The fourth-order valence-electron chi connectivity index (χ4n) is 2.17. The summed E-state index contributed by atoms with van der Waals surface area (Å²) in [6.07, 6.45) is 2.12. The van der Waals surface area contributed by atoms with Crippen LogP contribution in [-0.2, 0) is 9.59 Å². The largest absolute Gasteiger partial charge is 0.355 e. The quantitative estimate of drug-likeness (QED) is 0.891. The average molecular weight is 296 g/mol. The van der Waals surface area contributed by atoms with E-state index < -0.39 is 0 Å². The van der Waals surface area contributed by atoms with Gasteiger partial charge < -0.3 is 5.32 Å². The molecule has 4 nitrogen and oxygen atoms in total. The maximum atomic E-state index is 12.1. The molecule has 0 bridgehead atoms. The highest BCUT2D eigenvalue weighted by Crippen LogP contribution is 2.22. The van der Waals surface area contributed by atoms with E-state index in [1.807, 2.05) is 49.4 Å². The molecular formula is C18H20N2O2. The zero-order chi connectivity index (χ0) is 15.9. The lowest BCUT2D eigenvalue weighted by molar-refractivity contribution is -0.122. The second kappa shape index (κ2) is 7.50. The number of amides is 1. The van der Waals surface area contributed by atoms with E-state index in [0.29, 0.717) is 13.0 Å². The van der Waals surface area contributed by atoms with Crippen molar-refractivity contribution in [1.82, 2.24) is 10.3 Å². The summed E-state index contributed by atoms with van der Waals surface area (Å²) in [7, 11) is 0. The molecule has 1 unspecified atom stereocenters. The number of carbonyl (C=O) groups is 2. The minimum Gasteiger partial charge on any atom is -0.355 e. The Morgan fingerprint density at radius 2 is 2.00 bits per heavy atom. The topological polar surface area (TPSA) is 59.1 Å². The normalized spacial score (nSPS) is 11.7. The van der Waals surface area contributed by atoms with E-state index in [2.05, 4.69) is 10.3 Å². The van der Waals surface area contributed by atoms with Crippen LogP contribution in [0.4, 0.5) is 0 Å². The maximum Gasteiger partial charge on any atom is 0.227 e. The van der Waals surface area contributed by atoms with Crippen molar-refractivity contribution in [2.45, 2.75) is 26.2 Å². The third kappa shape index (κ3) is 4.25. The molecule has 2 aromatic rings. The molecule has 22 heavy (non-hydrogen) atoms. The van der Waals surface area contributed by atoms with Crippen molar-refractivity contribution >= 4 is 11.7 Å². The van der Waals surface area contributed by atoms with Gasteiger partial charge in [0, 0.05) is 24.7 Å². The van der Waals surface area contributed by atoms with Gasteiger partial charge in [-0.25, -0.2) is 0 Å². The maximum absolute atomic E-state index is 12.1. The summed E-state index contributed by atoms with van der Waals surface area (Å²) in [4.78, 5) is 27.4. The number of benzene rings is 1. The van der Waals surface area contributed by atoms with Crippen LogP contribution in [0.5, 0.6) is 0 Å². The Bertz CT molecular complexity index is 653. The fourth-order valence-corrected chi connectivity index (χ4v) is 2.17. The Kier molecular flexibility index (Phi) is 5.42. The van der Waals surface area contributed by atoms with Crippen molar-refractivity contribution in [3.8, 4) is 11.3 Å². The first-order chi connectivity index (χ1) is 10.6. The Balaban J connectivity index is 2.08. The van der Waals surface area contributed by atoms with Crippen LogP contribution in [0, 0.1) is 0 Å². The zero-order valence-corrected chi connectivity index (χ0v) is 12.9. The van der Waals surface area contributed by atoms with E-state index in [-0.39, 0.29) is 17.6 Å². The molecule has 0 aliphatic carbocycles. The Hall–Kier alpha value is -2.49. The molecule has 2 rings (SSSR count). The zero-order valence-electron chi connectivity index (χ0n) is 12.9. The lowest BCUT2D eigenvalue weighted by Crippen LogP contribution is -2.29. The predicted octanol–water partition coefficient (Wildman–Crippen LogP) is 2.95. The van der Waals surface area contributed by atoms with Gasteiger partial charge in [-0.2, -0.15) is 0 Å². The highest BCUT2D eigenvalue weighted by Gasteiger charge is 2.15. The van der Waals surface area contributed by atoms with Crippen molar-refractivity contribution in [2.24, 2.45) is 0 Å². The third-order valence-electron chi connectivity index (χ3n) is 3.52. The molecule has 1 N–H and O–H groups in total. The first-order valence-electron chi connectivity index (χ1n) is 7.36. The van der Waals surface area contributed by atoms with Crippen LogP contribution in [0.1, 0.15) is 31.7 Å². The van der Waals surface area contributed by atoms with E-state index in [1.54, 1.807) is 6.20 Å². The number of pyridine rings is 1. The lowest BCUT2D eigenvalue weighted by atomic mass is 9.97. The summed E-state index contributed by atoms with van der Waals surface area (Å²) in [6.45, 7) is 3.77. The summed E-state index contributed by atoms with van der Waals surface area (Å²) in [6, 6.07) is 13.6. The summed E-state index contributed by atoms with van der Waals surface area (Å²) >= 11 is 0. The van der Waals surface area contributed by atoms with E-state index >= 15 is 0 Å². The minimum absolute atomic E-state index is 0.0700. The molecule has 0 spiro atoms. The van der Waals surface area contributed by atoms with E-state index in [1.165, 1.54) is 6.92 Å². The van der Waals surface area contributed by atoms with Crippen molar-refractivity contribution in [2.75, 3.05) is 6.54 Å². The lowest BCUT2D eigenvalue weighted by Gasteiger charge is -2.13. The molecule has 114 valence electrons. The minimum atomic E-state index is -0.268. The summed E-state index contributed by atoms with van der Waals surface area (Å²) < 4.78 is 0. The van der Waals surface area contributed by atoms with Gasteiger partial charge in [-0.1, -0.05) is 24.3 Å². The van der Waals surface area contributed by atoms with Crippen molar-refractivity contribution in [1.29, 1.82) is 0 Å². The van der Waals surface area contributed by atoms with E-state index in [4.69, 9.17) is 0 Å². The molecule has 0 radical (unpaired) electrons. The molecule has 1 amide bonds. The highest BCUT2D eigenvalue weighted by atomic mass is 16.2. The molecule has 1 atom stereocenters. The second-order valence-corrected chi connectivity index (χ2v) is 5.31. The van der Waals surface area contributed by atoms with Gasteiger partial charge in [0.2, 0.25) is 5.91 Å². The van der Waals surface area contributed by atoms with Crippen molar-refractivity contribution in [3.05, 3.63) is 54.2 Å². The molecule has 4 heteroatoms. The summed E-state index contributed by atoms with van der Waals surface area (Å²) in [5.74, 6) is -0.264. The predicted molar refractivity (Wildman–Crippen MR) is 86.4 cm³/mol. The van der Waals surface area contributed by atoms with Gasteiger partial charge >= 0.3 is 0 Å². The molecule has 1 aromatic carbocycles. The van der Waals surface area contributed by atoms with Crippen LogP contribution in [0.15, 0.2) is 48.7 Å². The summed E-state index contributed by atoms with van der Waals surface area (Å²) in [5, 5.41) is 2.80. The Morgan fingerprint density at radius 3 is 2.68 bits per heavy atom. The molecule has 0 aliphatic heterocycles. The number of aromatic nitrogens is 1. The number of Topliss-reactive ketones (excluding diaryl/α,β-unsaturated/α-hetero) is 1. The number of nitrogens with one attached hydrogen (secondary N) is 1. The average Bonchev–Trinajstić information content (AvgIpc) is 2.54. The van der Waals surface area contributed by atoms with Gasteiger partial charge in [-0.15, -0.1) is 0 Å². The number of nitrogens with zero attached hydrogens (tertiary/aromatic N) is 1. The van der Waals surface area contributed by atoms with Crippen LogP contribution in [-0.4, -0.2) is 23.2 Å². The smallest absolute Gasteiger partial charge is 0.227 e. The number of ketones is 1. The van der Waals surface area contributed by atoms with Crippen molar-refractivity contribution in [3.63, 3.8) is 0 Å². The van der Waals surface area contributed by atoms with E-state index in [0.717, 1.165) is 16.8 Å². The molecule has 0 aliphatic rings. The summed E-state index contributed by atoms with van der Waals surface area (Å²) in [5.41, 5.74) is 2.80. The number of rotatable bonds is 6. The van der Waals surface area contributed by atoms with Gasteiger partial charge in [0.05, 0.1) is 11.6 Å². The van der Waals surface area contributed by atoms with Crippen LogP contribution < -0.4 is 5.32 Å². The highest BCUT2D eigenvalue weighted by molar-refractivity contribution is 5.84. The molecule has 0 fully saturated rings. The molecular weight excluding hydrogens is 276 g/mol. The molecule has 1 aromatic heterocycles. The van der Waals surface area contributed by atoms with Crippen LogP contribution in [0.3, 0.4) is 0 Å². The van der Waals surface area contributed by atoms with Crippen LogP contribution >= 0.6 is 0 Å². The monoisotopic (exact) mass is 296 g/mol. The number of hydrogen-bond donors (Lipinski definition) is 1. The third-order valence-corrected chi connectivity index (χ3v) is 3.52. The van der Waals surface area contributed by atoms with Gasteiger partial charge in [-0.05, 0) is 37.6 Å². The standard InChI is InChI=1S/C18H20N2O2/c1-13(21)9-11-20-18(22)14(2)15-6-5-7-16(12-15)17-8-3-4-10-19-17/h3-8,10,12,14H,9,11H2,1-2H3,(H,20,22). The number of hydrogen-bond acceptors (Lipinski definition) is 3. The van der Waals surface area contributed by atoms with Gasteiger partial charge in [-0.3, -0.25) is 14.6 Å². The van der Waals surface area contributed by atoms with Gasteiger partial charge in [0.1, 0.15) is 5.78 Å². The Labute approximate surface area is 130 Å². The van der Waals surface area contributed by atoms with E-state index in [9.17, 15) is 9.59 Å². The van der Waals surface area contributed by atoms with Crippen LogP contribution in [0.2, 0.25) is 0 Å². The molecule has 1 heterocycles. The molecule has 0 saturated heterocycles. The second-order valence-electron chi connectivity index (χ2n) is 5.31. The van der Waals surface area contributed by atoms with Gasteiger partial charge in [0.15, 0.2) is 0 Å². The van der Waals surface area contributed by atoms with Gasteiger partial charge in [0.25, 0.3) is 0 Å². The SMILES string of the molecule is CC(=O)CCNC(=O)C(C)c1cccc(-c2ccccn2)c1. The first-order valence-corrected chi connectivity index (χ1v) is 7.36. The molecule has 0 saturated carbocycles. The Morgan fingerprint density at radius 1 is 1.18 bits per heavy atom. The van der Waals surface area contributed by atoms with Crippen LogP contribution in [0.25, 0.3) is 11.3 Å². The fraction of sp³-hybridized carbons (Fsp3) is 0.278. The number of carbonyl (C=O) groups excluding carboxylic acids is 2. The first kappa shape index (κ1) is 15.9. The van der Waals surface area contributed by atoms with Crippen molar-refractivity contribution < 1.29 is 9.59 Å².